The van der Waals surface area contributed by atoms with E-state index in [4.69, 9.17) is 5.73 Å². The first-order chi connectivity index (χ1) is 2.27. The van der Waals surface area contributed by atoms with E-state index in [0.717, 1.165) is 0 Å². The zero-order chi connectivity index (χ0) is 4.28. The summed E-state index contributed by atoms with van der Waals surface area (Å²) in [6.07, 6.45) is 0. The Labute approximate surface area is 43.6 Å². The number of carbonyl (C=O) groups excluding carboxylic acids is 1. The number of hydrogen-bond donors (Lipinski definition) is 2. The molecular formula is C2H7ClN2O. The summed E-state index contributed by atoms with van der Waals surface area (Å²) in [6, 6.07) is 0. The Kier molecular flexibility index (Phi) is 7.24. The molecule has 1 amide bonds. The molecule has 0 aromatic heterocycles. The molecule has 0 saturated carbocycles. The van der Waals surface area contributed by atoms with Crippen molar-refractivity contribution in [2.24, 2.45) is 11.5 Å². The largest absolute Gasteiger partial charge is 1.00 e. The van der Waals surface area contributed by atoms with Crippen molar-refractivity contribution < 1.29 is 18.6 Å². The van der Waals surface area contributed by atoms with Gasteiger partial charge in [-0.3, -0.25) is 4.79 Å². The normalized spacial score (nSPS) is 6.17. The quantitative estimate of drug-likeness (QED) is 0.358. The van der Waals surface area contributed by atoms with Crippen LogP contribution in [0, 0.1) is 0 Å². The van der Waals surface area contributed by atoms with Crippen LogP contribution in [0.25, 0.3) is 0 Å². The number of hydrogen-bond acceptors (Lipinski definition) is 2. The van der Waals surface area contributed by atoms with Crippen molar-refractivity contribution in [3.63, 3.8) is 0 Å². The first-order valence-electron chi connectivity index (χ1n) is 1.25. The second kappa shape index (κ2) is 4.72. The summed E-state index contributed by atoms with van der Waals surface area (Å²) in [4.78, 5) is 9.47. The number of carbonyl (C=O) groups is 1. The Morgan fingerprint density at radius 3 is 2.00 bits per heavy atom. The Hall–Kier alpha value is -0.280. The van der Waals surface area contributed by atoms with Gasteiger partial charge in [-0.15, -0.1) is 0 Å². The standard InChI is InChI=1S/C2H6N2O.ClH/c3-1-2(4)5;/h1,3H2,(H2,4,5);1H. The van der Waals surface area contributed by atoms with Gasteiger partial charge in [0, 0.05) is 0 Å². The summed E-state index contributed by atoms with van der Waals surface area (Å²) in [5, 5.41) is 0. The third-order valence-electron chi connectivity index (χ3n) is 0.201. The van der Waals surface area contributed by atoms with E-state index in [1.54, 1.807) is 0 Å². The molecule has 0 fully saturated rings. The summed E-state index contributed by atoms with van der Waals surface area (Å²) < 4.78 is 0. The lowest BCUT2D eigenvalue weighted by atomic mass is 10.7. The fourth-order valence-corrected chi connectivity index (χ4v) is 0. The Morgan fingerprint density at radius 1 is 1.83 bits per heavy atom. The lowest BCUT2D eigenvalue weighted by Crippen LogP contribution is -3.00. The second-order valence-corrected chi connectivity index (χ2v) is 0.670. The van der Waals surface area contributed by atoms with E-state index in [9.17, 15) is 4.79 Å². The van der Waals surface area contributed by atoms with Gasteiger partial charge < -0.3 is 23.9 Å². The minimum Gasteiger partial charge on any atom is -1.00 e. The van der Waals surface area contributed by atoms with E-state index >= 15 is 0 Å². The number of halogens is 1. The molecule has 0 rings (SSSR count). The van der Waals surface area contributed by atoms with Crippen LogP contribution in [0.5, 0.6) is 0 Å². The molecule has 0 saturated heterocycles. The van der Waals surface area contributed by atoms with E-state index in [2.05, 4.69) is 5.73 Å². The second-order valence-electron chi connectivity index (χ2n) is 0.670. The van der Waals surface area contributed by atoms with Gasteiger partial charge in [-0.25, -0.2) is 0 Å². The van der Waals surface area contributed by atoms with Gasteiger partial charge in [-0.05, 0) is 0 Å². The van der Waals surface area contributed by atoms with Crippen LogP contribution in [0.1, 0.15) is 1.43 Å². The molecule has 0 unspecified atom stereocenters. The molecule has 0 bridgehead atoms. The minimum absolute atomic E-state index is 0. The maximum Gasteiger partial charge on any atom is 1.00 e. The molecule has 3 nitrogen and oxygen atoms in total. The van der Waals surface area contributed by atoms with Gasteiger partial charge in [0.2, 0.25) is 5.91 Å². The van der Waals surface area contributed by atoms with Crippen LogP contribution in [0.4, 0.5) is 0 Å². The molecule has 0 spiro atoms. The summed E-state index contributed by atoms with van der Waals surface area (Å²) in [5.41, 5.74) is 9.22. The molecule has 0 aromatic rings. The number of rotatable bonds is 1. The molecule has 0 aliphatic rings. The van der Waals surface area contributed by atoms with E-state index in [1.807, 2.05) is 0 Å². The van der Waals surface area contributed by atoms with Crippen molar-refractivity contribution in [3.8, 4) is 0 Å². The molecule has 6 heavy (non-hydrogen) atoms. The third kappa shape index (κ3) is 9.30. The minimum atomic E-state index is -0.468. The topological polar surface area (TPSA) is 69.1 Å². The summed E-state index contributed by atoms with van der Waals surface area (Å²) in [5.74, 6) is -0.468. The number of amides is 1. The summed E-state index contributed by atoms with van der Waals surface area (Å²) in [6.45, 7) is -0.0556. The summed E-state index contributed by atoms with van der Waals surface area (Å²) >= 11 is 0. The number of primary amides is 1. The van der Waals surface area contributed by atoms with Gasteiger partial charge in [0.15, 0.2) is 0 Å². The summed E-state index contributed by atoms with van der Waals surface area (Å²) in [7, 11) is 0. The molecule has 4 heteroatoms. The zero-order valence-electron chi connectivity index (χ0n) is 4.15. The van der Waals surface area contributed by atoms with Crippen LogP contribution in [0.2, 0.25) is 0 Å². The fraction of sp³-hybridized carbons (Fsp3) is 0.500. The van der Waals surface area contributed by atoms with Crippen LogP contribution in [0.15, 0.2) is 0 Å². The van der Waals surface area contributed by atoms with Crippen LogP contribution in [0.3, 0.4) is 0 Å². The SMILES string of the molecule is NCC(N)=O.[Cl-].[H+]. The van der Waals surface area contributed by atoms with Crippen molar-refractivity contribution in [3.05, 3.63) is 0 Å². The van der Waals surface area contributed by atoms with E-state index < -0.39 is 5.91 Å². The van der Waals surface area contributed by atoms with Gasteiger partial charge in [0.05, 0.1) is 6.54 Å². The van der Waals surface area contributed by atoms with E-state index in [0.29, 0.717) is 0 Å². The number of nitrogens with two attached hydrogens (primary N) is 2. The van der Waals surface area contributed by atoms with Crippen LogP contribution in [-0.2, 0) is 4.79 Å². The first-order valence-corrected chi connectivity index (χ1v) is 1.25. The van der Waals surface area contributed by atoms with Gasteiger partial charge in [0.25, 0.3) is 0 Å². The van der Waals surface area contributed by atoms with Crippen molar-refractivity contribution in [1.29, 1.82) is 0 Å². The molecule has 0 atom stereocenters. The molecule has 0 aliphatic carbocycles. The van der Waals surface area contributed by atoms with Crippen molar-refractivity contribution >= 4 is 5.91 Å². The van der Waals surface area contributed by atoms with Crippen LogP contribution < -0.4 is 23.9 Å². The molecule has 38 valence electrons. The Balaban J connectivity index is -0.0000000800. The van der Waals surface area contributed by atoms with Gasteiger partial charge >= 0.3 is 1.43 Å². The molecule has 0 heterocycles. The molecule has 0 aliphatic heterocycles. The van der Waals surface area contributed by atoms with Crippen LogP contribution >= 0.6 is 0 Å². The smallest absolute Gasteiger partial charge is 1.00 e. The maximum absolute atomic E-state index is 9.47. The molecular weight excluding hydrogens is 103 g/mol. The lowest BCUT2D eigenvalue weighted by molar-refractivity contribution is -0.116. The maximum atomic E-state index is 9.47. The highest BCUT2D eigenvalue weighted by atomic mass is 35.5. The highest BCUT2D eigenvalue weighted by Gasteiger charge is 1.77. The average molecular weight is 111 g/mol. The van der Waals surface area contributed by atoms with Gasteiger partial charge in [-0.2, -0.15) is 0 Å². The Bertz CT molecular complexity index is 51.0. The lowest BCUT2D eigenvalue weighted by Gasteiger charge is -1.74. The van der Waals surface area contributed by atoms with E-state index in [1.165, 1.54) is 0 Å². The first kappa shape index (κ1) is 9.21. The fourth-order valence-electron chi connectivity index (χ4n) is 0. The van der Waals surface area contributed by atoms with Crippen LogP contribution in [-0.4, -0.2) is 12.5 Å². The highest BCUT2D eigenvalue weighted by Crippen LogP contribution is 1.36. The molecule has 0 aromatic carbocycles. The van der Waals surface area contributed by atoms with Gasteiger partial charge in [0.1, 0.15) is 0 Å². The monoisotopic (exact) mass is 110 g/mol. The molecule has 0 radical (unpaired) electrons. The van der Waals surface area contributed by atoms with Crippen molar-refractivity contribution in [2.75, 3.05) is 6.54 Å². The van der Waals surface area contributed by atoms with Gasteiger partial charge in [-0.1, -0.05) is 0 Å². The zero-order valence-corrected chi connectivity index (χ0v) is 3.90. The predicted octanol–water partition coefficient (Wildman–Crippen LogP) is -4.45. The average Bonchev–Trinajstić information content (AvgIpc) is 1.38. The third-order valence-corrected chi connectivity index (χ3v) is 0.201. The van der Waals surface area contributed by atoms with Crippen molar-refractivity contribution in [1.82, 2.24) is 0 Å². The van der Waals surface area contributed by atoms with E-state index in [-0.39, 0.29) is 20.4 Å². The van der Waals surface area contributed by atoms with Crippen molar-refractivity contribution in [2.45, 2.75) is 0 Å². The highest BCUT2D eigenvalue weighted by molar-refractivity contribution is 5.75. The molecule has 4 N–H and O–H groups in total. The Morgan fingerprint density at radius 2 is 2.00 bits per heavy atom. The predicted molar refractivity (Wildman–Crippen MR) is 19.4 cm³/mol.